The number of rotatable bonds is 7. The predicted molar refractivity (Wildman–Crippen MR) is 125 cm³/mol. The van der Waals surface area contributed by atoms with Crippen LogP contribution in [0.25, 0.3) is 28.0 Å². The number of nitrogens with one attached hydrogen (secondary N) is 1. The molecular formula is C25H26N4O. The average molecular weight is 399 g/mol. The summed E-state index contributed by atoms with van der Waals surface area (Å²) in [4.78, 5) is 21.0. The standard InChI is InChI=1S/C25H26N4O/c1-3-4-6-13-20(16-19-11-7-5-8-12-19)17-26-29-18(2)27-23-21-14-9-10-15-22(21)28-24(23)25(29)30/h5,7-12,14-17,28H,3-4,6,13H2,1-2H3. The molecule has 152 valence electrons. The minimum absolute atomic E-state index is 0.183. The number of hydrogen-bond acceptors (Lipinski definition) is 3. The molecule has 2 aromatic carbocycles. The van der Waals surface area contributed by atoms with Gasteiger partial charge in [0.25, 0.3) is 5.56 Å². The second kappa shape index (κ2) is 8.91. The Kier molecular flexibility index (Phi) is 5.89. The van der Waals surface area contributed by atoms with Crippen LogP contribution < -0.4 is 5.56 Å². The van der Waals surface area contributed by atoms with Crippen LogP contribution in [0.4, 0.5) is 0 Å². The zero-order valence-corrected chi connectivity index (χ0v) is 17.4. The van der Waals surface area contributed by atoms with Crippen molar-refractivity contribution in [3.63, 3.8) is 0 Å². The summed E-state index contributed by atoms with van der Waals surface area (Å²) < 4.78 is 1.39. The maximum atomic E-state index is 13.1. The van der Waals surface area contributed by atoms with Crippen molar-refractivity contribution in [2.75, 3.05) is 0 Å². The Morgan fingerprint density at radius 3 is 2.67 bits per heavy atom. The van der Waals surface area contributed by atoms with Crippen molar-refractivity contribution in [2.24, 2.45) is 5.10 Å². The van der Waals surface area contributed by atoms with E-state index in [1.54, 1.807) is 6.21 Å². The maximum absolute atomic E-state index is 13.1. The SMILES string of the molecule is CCCCCC(C=Nn1c(C)nc2c([nH]c3ccccc32)c1=O)=Cc1ccccc1. The van der Waals surface area contributed by atoms with Gasteiger partial charge in [0.15, 0.2) is 0 Å². The third-order valence-electron chi connectivity index (χ3n) is 5.22. The number of aromatic amines is 1. The van der Waals surface area contributed by atoms with Crippen molar-refractivity contribution < 1.29 is 0 Å². The second-order valence-electron chi connectivity index (χ2n) is 7.50. The molecule has 0 radical (unpaired) electrons. The number of hydrogen-bond donors (Lipinski definition) is 1. The van der Waals surface area contributed by atoms with Crippen LogP contribution in [0.3, 0.4) is 0 Å². The van der Waals surface area contributed by atoms with Gasteiger partial charge in [0.05, 0.1) is 6.21 Å². The zero-order chi connectivity index (χ0) is 20.9. The van der Waals surface area contributed by atoms with Crippen LogP contribution in [0, 0.1) is 6.92 Å². The summed E-state index contributed by atoms with van der Waals surface area (Å²) in [6.07, 6.45) is 8.27. The molecule has 2 aromatic heterocycles. The van der Waals surface area contributed by atoms with E-state index in [1.165, 1.54) is 11.1 Å². The molecule has 0 saturated carbocycles. The molecule has 5 nitrogen and oxygen atoms in total. The van der Waals surface area contributed by atoms with Crippen molar-refractivity contribution in [3.8, 4) is 0 Å². The fourth-order valence-electron chi connectivity index (χ4n) is 3.64. The number of H-pyrrole nitrogens is 1. The summed E-state index contributed by atoms with van der Waals surface area (Å²) in [5.74, 6) is 0.570. The lowest BCUT2D eigenvalue weighted by Gasteiger charge is -2.05. The van der Waals surface area contributed by atoms with Gasteiger partial charge in [0.2, 0.25) is 0 Å². The Hall–Kier alpha value is -3.47. The van der Waals surface area contributed by atoms with Gasteiger partial charge >= 0.3 is 0 Å². The number of fused-ring (bicyclic) bond motifs is 3. The van der Waals surface area contributed by atoms with Crippen LogP contribution >= 0.6 is 0 Å². The molecular weight excluding hydrogens is 372 g/mol. The van der Waals surface area contributed by atoms with Crippen molar-refractivity contribution in [1.29, 1.82) is 0 Å². The summed E-state index contributed by atoms with van der Waals surface area (Å²) in [6.45, 7) is 4.01. The van der Waals surface area contributed by atoms with Gasteiger partial charge in [0, 0.05) is 10.9 Å². The minimum Gasteiger partial charge on any atom is -0.349 e. The first-order valence-electron chi connectivity index (χ1n) is 10.5. The number of nitrogens with zero attached hydrogens (tertiary/aromatic N) is 3. The quantitative estimate of drug-likeness (QED) is 0.321. The molecule has 2 heterocycles. The van der Waals surface area contributed by atoms with Crippen LogP contribution in [0.5, 0.6) is 0 Å². The molecule has 5 heteroatoms. The Morgan fingerprint density at radius 1 is 1.10 bits per heavy atom. The molecule has 0 saturated heterocycles. The fourth-order valence-corrected chi connectivity index (χ4v) is 3.64. The van der Waals surface area contributed by atoms with E-state index in [-0.39, 0.29) is 5.56 Å². The van der Waals surface area contributed by atoms with Crippen LogP contribution in [0.15, 0.2) is 70.1 Å². The third kappa shape index (κ3) is 4.10. The van der Waals surface area contributed by atoms with E-state index in [4.69, 9.17) is 0 Å². The average Bonchev–Trinajstić information content (AvgIpc) is 3.13. The van der Waals surface area contributed by atoms with E-state index in [0.717, 1.165) is 41.3 Å². The molecule has 30 heavy (non-hydrogen) atoms. The minimum atomic E-state index is -0.183. The molecule has 4 rings (SSSR count). The highest BCUT2D eigenvalue weighted by molar-refractivity contribution is 6.04. The number of unbranched alkanes of at least 4 members (excludes halogenated alkanes) is 2. The summed E-state index contributed by atoms with van der Waals surface area (Å²) in [5, 5.41) is 5.48. The first kappa shape index (κ1) is 19.8. The van der Waals surface area contributed by atoms with Crippen LogP contribution in [-0.2, 0) is 0 Å². The molecule has 0 aliphatic heterocycles. The zero-order valence-electron chi connectivity index (χ0n) is 17.4. The number of benzene rings is 2. The fraction of sp³-hybridized carbons (Fsp3) is 0.240. The van der Waals surface area contributed by atoms with Crippen molar-refractivity contribution in [1.82, 2.24) is 14.6 Å². The number of para-hydroxylation sites is 1. The predicted octanol–water partition coefficient (Wildman–Crippen LogP) is 5.68. The van der Waals surface area contributed by atoms with Gasteiger partial charge in [-0.2, -0.15) is 9.78 Å². The monoisotopic (exact) mass is 398 g/mol. The van der Waals surface area contributed by atoms with E-state index in [2.05, 4.69) is 40.2 Å². The topological polar surface area (TPSA) is 63.0 Å². The first-order valence-corrected chi connectivity index (χ1v) is 10.5. The lowest BCUT2D eigenvalue weighted by atomic mass is 10.1. The Bertz CT molecular complexity index is 1280. The lowest BCUT2D eigenvalue weighted by Crippen LogP contribution is -2.20. The van der Waals surface area contributed by atoms with E-state index >= 15 is 0 Å². The Morgan fingerprint density at radius 2 is 1.87 bits per heavy atom. The van der Waals surface area contributed by atoms with Gasteiger partial charge < -0.3 is 4.98 Å². The van der Waals surface area contributed by atoms with Gasteiger partial charge in [-0.25, -0.2) is 4.98 Å². The highest BCUT2D eigenvalue weighted by Crippen LogP contribution is 2.21. The largest absolute Gasteiger partial charge is 0.349 e. The molecule has 0 spiro atoms. The Labute approximate surface area is 175 Å². The van der Waals surface area contributed by atoms with Gasteiger partial charge in [-0.3, -0.25) is 4.79 Å². The highest BCUT2D eigenvalue weighted by atomic mass is 16.1. The van der Waals surface area contributed by atoms with Gasteiger partial charge in [-0.1, -0.05) is 74.4 Å². The molecule has 0 aliphatic rings. The molecule has 4 aromatic rings. The normalized spacial score (nSPS) is 12.4. The summed E-state index contributed by atoms with van der Waals surface area (Å²) in [5.41, 5.74) is 4.13. The van der Waals surface area contributed by atoms with Crippen LogP contribution in [0.1, 0.15) is 44.0 Å². The lowest BCUT2D eigenvalue weighted by molar-refractivity contribution is 0.722. The number of aromatic nitrogens is 3. The molecule has 0 amide bonds. The molecule has 0 atom stereocenters. The Balaban J connectivity index is 1.73. The van der Waals surface area contributed by atoms with Crippen molar-refractivity contribution in [2.45, 2.75) is 39.5 Å². The molecule has 0 unspecified atom stereocenters. The third-order valence-corrected chi connectivity index (χ3v) is 5.22. The highest BCUT2D eigenvalue weighted by Gasteiger charge is 2.12. The summed E-state index contributed by atoms with van der Waals surface area (Å²) in [7, 11) is 0. The first-order chi connectivity index (χ1) is 14.7. The van der Waals surface area contributed by atoms with E-state index in [1.807, 2.05) is 49.4 Å². The summed E-state index contributed by atoms with van der Waals surface area (Å²) >= 11 is 0. The van der Waals surface area contributed by atoms with Gasteiger partial charge in [-0.15, -0.1) is 0 Å². The maximum Gasteiger partial charge on any atom is 0.298 e. The van der Waals surface area contributed by atoms with Crippen molar-refractivity contribution in [3.05, 3.63) is 81.9 Å². The molecule has 0 fully saturated rings. The van der Waals surface area contributed by atoms with E-state index < -0.39 is 0 Å². The van der Waals surface area contributed by atoms with E-state index in [9.17, 15) is 4.79 Å². The number of aryl methyl sites for hydroxylation is 1. The van der Waals surface area contributed by atoms with Gasteiger partial charge in [0.1, 0.15) is 16.9 Å². The molecule has 0 bridgehead atoms. The van der Waals surface area contributed by atoms with Crippen LogP contribution in [-0.4, -0.2) is 20.9 Å². The van der Waals surface area contributed by atoms with Crippen LogP contribution in [0.2, 0.25) is 0 Å². The molecule has 0 aliphatic carbocycles. The second-order valence-corrected chi connectivity index (χ2v) is 7.50. The number of allylic oxidation sites excluding steroid dienone is 1. The van der Waals surface area contributed by atoms with Gasteiger partial charge in [-0.05, 0) is 37.0 Å². The van der Waals surface area contributed by atoms with Crippen molar-refractivity contribution >= 4 is 34.2 Å². The summed E-state index contributed by atoms with van der Waals surface area (Å²) in [6, 6.07) is 18.0. The molecule has 1 N–H and O–H groups in total. The van der Waals surface area contributed by atoms with E-state index in [0.29, 0.717) is 16.9 Å². The smallest absolute Gasteiger partial charge is 0.298 e.